The van der Waals surface area contributed by atoms with Gasteiger partial charge in [-0.15, -0.1) is 0 Å². The molecule has 4 nitrogen and oxygen atoms in total. The highest BCUT2D eigenvalue weighted by molar-refractivity contribution is 5.79. The number of rotatable bonds is 5. The van der Waals surface area contributed by atoms with Gasteiger partial charge in [0.05, 0.1) is 13.2 Å². The molecule has 0 saturated carbocycles. The van der Waals surface area contributed by atoms with Crippen molar-refractivity contribution in [3.05, 3.63) is 0 Å². The minimum absolute atomic E-state index is 0.182. The molecular formula is C14H27NO3. The van der Waals surface area contributed by atoms with Crippen LogP contribution in [-0.2, 0) is 9.53 Å². The number of aliphatic hydroxyl groups excluding tert-OH is 1. The van der Waals surface area contributed by atoms with Gasteiger partial charge in [0.15, 0.2) is 0 Å². The van der Waals surface area contributed by atoms with Crippen LogP contribution in [0.5, 0.6) is 0 Å². The summed E-state index contributed by atoms with van der Waals surface area (Å²) in [5, 5.41) is 10.0. The quantitative estimate of drug-likeness (QED) is 0.763. The van der Waals surface area contributed by atoms with Gasteiger partial charge in [-0.1, -0.05) is 13.3 Å². The van der Waals surface area contributed by atoms with Gasteiger partial charge >= 0.3 is 5.97 Å². The second-order valence-corrected chi connectivity index (χ2v) is 5.73. The van der Waals surface area contributed by atoms with Gasteiger partial charge in [-0.25, -0.2) is 0 Å². The molecule has 1 rings (SSSR count). The number of piperidine rings is 1. The van der Waals surface area contributed by atoms with Crippen LogP contribution >= 0.6 is 0 Å². The van der Waals surface area contributed by atoms with Gasteiger partial charge in [0.1, 0.15) is 5.54 Å². The number of carbonyl (C=O) groups excluding carboxylic acids is 1. The molecule has 0 aromatic heterocycles. The predicted octanol–water partition coefficient (Wildman–Crippen LogP) is 1.81. The summed E-state index contributed by atoms with van der Waals surface area (Å²) >= 11 is 0. The lowest BCUT2D eigenvalue weighted by Gasteiger charge is -2.41. The van der Waals surface area contributed by atoms with E-state index in [0.29, 0.717) is 5.92 Å². The van der Waals surface area contributed by atoms with E-state index in [4.69, 9.17) is 4.74 Å². The van der Waals surface area contributed by atoms with Crippen LogP contribution in [0.25, 0.3) is 0 Å². The van der Waals surface area contributed by atoms with Crippen molar-refractivity contribution in [3.63, 3.8) is 0 Å². The molecular weight excluding hydrogens is 230 g/mol. The SMILES string of the molecule is CCCC(O)C1CCN(C(C)(C)C(=O)OC)CC1. The molecule has 0 aliphatic carbocycles. The Morgan fingerprint density at radius 1 is 1.44 bits per heavy atom. The maximum absolute atomic E-state index is 11.7. The van der Waals surface area contributed by atoms with E-state index in [-0.39, 0.29) is 12.1 Å². The van der Waals surface area contributed by atoms with E-state index < -0.39 is 5.54 Å². The average molecular weight is 257 g/mol. The summed E-state index contributed by atoms with van der Waals surface area (Å²) < 4.78 is 4.85. The van der Waals surface area contributed by atoms with Crippen LogP contribution in [-0.4, -0.2) is 47.8 Å². The fraction of sp³-hybridized carbons (Fsp3) is 0.929. The summed E-state index contributed by atoms with van der Waals surface area (Å²) in [5.74, 6) is 0.199. The van der Waals surface area contributed by atoms with Crippen molar-refractivity contribution in [2.75, 3.05) is 20.2 Å². The van der Waals surface area contributed by atoms with Crippen LogP contribution in [0.4, 0.5) is 0 Å². The monoisotopic (exact) mass is 257 g/mol. The van der Waals surface area contributed by atoms with Crippen LogP contribution < -0.4 is 0 Å². The second kappa shape index (κ2) is 6.53. The Kier molecular flexibility index (Phi) is 5.60. The van der Waals surface area contributed by atoms with E-state index in [1.165, 1.54) is 7.11 Å². The number of methoxy groups -OCH3 is 1. The summed E-state index contributed by atoms with van der Waals surface area (Å²) in [6.45, 7) is 7.61. The molecule has 0 amide bonds. The van der Waals surface area contributed by atoms with E-state index in [1.807, 2.05) is 13.8 Å². The van der Waals surface area contributed by atoms with Crippen LogP contribution in [0.2, 0.25) is 0 Å². The fourth-order valence-corrected chi connectivity index (χ4v) is 2.75. The first-order valence-electron chi connectivity index (χ1n) is 6.95. The van der Waals surface area contributed by atoms with Crippen molar-refractivity contribution in [1.29, 1.82) is 0 Å². The lowest BCUT2D eigenvalue weighted by atomic mass is 9.87. The van der Waals surface area contributed by atoms with Gasteiger partial charge in [-0.05, 0) is 52.1 Å². The summed E-state index contributed by atoms with van der Waals surface area (Å²) in [7, 11) is 1.43. The van der Waals surface area contributed by atoms with Crippen molar-refractivity contribution in [2.24, 2.45) is 5.92 Å². The number of likely N-dealkylation sites (tertiary alicyclic amines) is 1. The minimum atomic E-state index is -0.560. The van der Waals surface area contributed by atoms with E-state index in [1.54, 1.807) is 0 Å². The number of aliphatic hydroxyl groups is 1. The maximum Gasteiger partial charge on any atom is 0.325 e. The third-order valence-corrected chi connectivity index (χ3v) is 4.14. The Morgan fingerprint density at radius 2 is 2.00 bits per heavy atom. The van der Waals surface area contributed by atoms with Gasteiger partial charge in [-0.2, -0.15) is 0 Å². The lowest BCUT2D eigenvalue weighted by Crippen LogP contribution is -2.54. The molecule has 4 heteroatoms. The standard InChI is InChI=1S/C14H27NO3/c1-5-6-12(16)11-7-9-15(10-8-11)14(2,3)13(17)18-4/h11-12,16H,5-10H2,1-4H3. The molecule has 1 aliphatic rings. The number of ether oxygens (including phenoxy) is 1. The topological polar surface area (TPSA) is 49.8 Å². The lowest BCUT2D eigenvalue weighted by molar-refractivity contribution is -0.154. The Bertz CT molecular complexity index is 270. The Morgan fingerprint density at radius 3 is 2.44 bits per heavy atom. The summed E-state index contributed by atoms with van der Waals surface area (Å²) in [5.41, 5.74) is -0.560. The summed E-state index contributed by atoms with van der Waals surface area (Å²) in [4.78, 5) is 13.9. The Hall–Kier alpha value is -0.610. The van der Waals surface area contributed by atoms with Gasteiger partial charge in [-0.3, -0.25) is 9.69 Å². The molecule has 1 atom stereocenters. The van der Waals surface area contributed by atoms with Crippen molar-refractivity contribution in [3.8, 4) is 0 Å². The van der Waals surface area contributed by atoms with Crippen LogP contribution in [0.3, 0.4) is 0 Å². The van der Waals surface area contributed by atoms with Crippen molar-refractivity contribution in [1.82, 2.24) is 4.90 Å². The molecule has 0 radical (unpaired) electrons. The molecule has 18 heavy (non-hydrogen) atoms. The molecule has 1 unspecified atom stereocenters. The third kappa shape index (κ3) is 3.45. The fourth-order valence-electron chi connectivity index (χ4n) is 2.75. The zero-order valence-electron chi connectivity index (χ0n) is 12.1. The molecule has 1 N–H and O–H groups in total. The van der Waals surface area contributed by atoms with E-state index in [2.05, 4.69) is 11.8 Å². The predicted molar refractivity (Wildman–Crippen MR) is 71.3 cm³/mol. The van der Waals surface area contributed by atoms with Gasteiger partial charge < -0.3 is 9.84 Å². The third-order valence-electron chi connectivity index (χ3n) is 4.14. The van der Waals surface area contributed by atoms with E-state index in [0.717, 1.165) is 38.8 Å². The molecule has 1 saturated heterocycles. The number of hydrogen-bond acceptors (Lipinski definition) is 4. The molecule has 0 aromatic rings. The molecule has 1 aliphatic heterocycles. The second-order valence-electron chi connectivity index (χ2n) is 5.73. The molecule has 1 heterocycles. The Labute approximate surface area is 110 Å². The largest absolute Gasteiger partial charge is 0.468 e. The smallest absolute Gasteiger partial charge is 0.325 e. The number of hydrogen-bond donors (Lipinski definition) is 1. The van der Waals surface area contributed by atoms with Crippen LogP contribution in [0.1, 0.15) is 46.5 Å². The summed E-state index contributed by atoms with van der Waals surface area (Å²) in [6, 6.07) is 0. The molecule has 1 fully saturated rings. The number of nitrogens with zero attached hydrogens (tertiary/aromatic N) is 1. The summed E-state index contributed by atoms with van der Waals surface area (Å²) in [6.07, 6.45) is 3.64. The highest BCUT2D eigenvalue weighted by Gasteiger charge is 2.38. The first-order chi connectivity index (χ1) is 8.43. The highest BCUT2D eigenvalue weighted by atomic mass is 16.5. The van der Waals surface area contributed by atoms with Crippen LogP contribution in [0, 0.1) is 5.92 Å². The van der Waals surface area contributed by atoms with Crippen molar-refractivity contribution in [2.45, 2.75) is 58.1 Å². The Balaban J connectivity index is 2.51. The molecule has 0 spiro atoms. The van der Waals surface area contributed by atoms with E-state index in [9.17, 15) is 9.90 Å². The maximum atomic E-state index is 11.7. The first-order valence-corrected chi connectivity index (χ1v) is 6.95. The average Bonchev–Trinajstić information content (AvgIpc) is 2.38. The normalized spacial score (nSPS) is 20.7. The first kappa shape index (κ1) is 15.4. The zero-order valence-corrected chi connectivity index (χ0v) is 12.1. The number of esters is 1. The minimum Gasteiger partial charge on any atom is -0.468 e. The highest BCUT2D eigenvalue weighted by Crippen LogP contribution is 2.28. The molecule has 106 valence electrons. The van der Waals surface area contributed by atoms with Gasteiger partial charge in [0.2, 0.25) is 0 Å². The van der Waals surface area contributed by atoms with Gasteiger partial charge in [0.25, 0.3) is 0 Å². The van der Waals surface area contributed by atoms with Crippen molar-refractivity contribution >= 4 is 5.97 Å². The van der Waals surface area contributed by atoms with Gasteiger partial charge in [0, 0.05) is 0 Å². The molecule has 0 bridgehead atoms. The zero-order chi connectivity index (χ0) is 13.8. The number of carbonyl (C=O) groups is 1. The van der Waals surface area contributed by atoms with Crippen molar-refractivity contribution < 1.29 is 14.6 Å². The van der Waals surface area contributed by atoms with Crippen LogP contribution in [0.15, 0.2) is 0 Å². The molecule has 0 aromatic carbocycles. The van der Waals surface area contributed by atoms with E-state index >= 15 is 0 Å².